The van der Waals surface area contributed by atoms with Gasteiger partial charge in [-0.05, 0) is 55.0 Å². The second-order valence-corrected chi connectivity index (χ2v) is 5.98. The number of nitrogens with zero attached hydrogens (tertiary/aromatic N) is 1. The predicted molar refractivity (Wildman–Crippen MR) is 89.9 cm³/mol. The number of benzene rings is 2. The summed E-state index contributed by atoms with van der Waals surface area (Å²) < 4.78 is 5.09. The largest absolute Gasteiger partial charge is 0.504 e. The van der Waals surface area contributed by atoms with Crippen LogP contribution in [0.4, 0.5) is 5.69 Å². The Labute approximate surface area is 132 Å². The fourth-order valence-electron chi connectivity index (χ4n) is 3.34. The lowest BCUT2D eigenvalue weighted by Gasteiger charge is -2.36. The average Bonchev–Trinajstić information content (AvgIpc) is 2.55. The van der Waals surface area contributed by atoms with E-state index in [0.29, 0.717) is 11.8 Å². The number of ether oxygens (including phenoxy) is 1. The Bertz CT molecular complexity index is 654. The summed E-state index contributed by atoms with van der Waals surface area (Å²) in [7, 11) is 3.76. The molecule has 0 amide bonds. The minimum atomic E-state index is 0.224. The molecule has 0 bridgehead atoms. The van der Waals surface area contributed by atoms with E-state index in [1.54, 1.807) is 7.11 Å². The third kappa shape index (κ3) is 2.89. The molecular weight excluding hydrogens is 274 g/mol. The molecule has 0 spiro atoms. The lowest BCUT2D eigenvalue weighted by molar-refractivity contribution is 0.373. The number of rotatable bonds is 4. The number of aryl methyl sites for hydroxylation is 2. The number of aromatic hydroxyl groups is 1. The highest BCUT2D eigenvalue weighted by Crippen LogP contribution is 2.32. The van der Waals surface area contributed by atoms with Gasteiger partial charge >= 0.3 is 0 Å². The van der Waals surface area contributed by atoms with Gasteiger partial charge in [0, 0.05) is 18.8 Å². The quantitative estimate of drug-likeness (QED) is 0.932. The van der Waals surface area contributed by atoms with E-state index < -0.39 is 0 Å². The van der Waals surface area contributed by atoms with Crippen LogP contribution in [0.1, 0.15) is 24.0 Å². The van der Waals surface area contributed by atoms with Crippen molar-refractivity contribution in [2.75, 3.05) is 19.1 Å². The molecule has 2 aromatic rings. The molecule has 2 aromatic carbocycles. The molecule has 0 fully saturated rings. The Morgan fingerprint density at radius 2 is 2.05 bits per heavy atom. The van der Waals surface area contributed by atoms with Crippen LogP contribution in [-0.2, 0) is 12.8 Å². The van der Waals surface area contributed by atoms with Crippen LogP contribution in [0.15, 0.2) is 42.5 Å². The third-order valence-corrected chi connectivity index (χ3v) is 4.68. The lowest BCUT2D eigenvalue weighted by Crippen LogP contribution is -2.36. The molecule has 3 heteroatoms. The normalized spacial score (nSPS) is 17.2. The molecule has 1 aliphatic heterocycles. The van der Waals surface area contributed by atoms with E-state index in [0.717, 1.165) is 24.8 Å². The van der Waals surface area contributed by atoms with Crippen LogP contribution in [0.2, 0.25) is 0 Å². The number of phenols is 1. The molecule has 1 atom stereocenters. The molecule has 0 radical (unpaired) electrons. The van der Waals surface area contributed by atoms with Gasteiger partial charge in [-0.2, -0.15) is 0 Å². The van der Waals surface area contributed by atoms with Gasteiger partial charge in [0.2, 0.25) is 0 Å². The van der Waals surface area contributed by atoms with E-state index in [-0.39, 0.29) is 5.75 Å². The Balaban J connectivity index is 1.66. The first kappa shape index (κ1) is 14.8. The van der Waals surface area contributed by atoms with Gasteiger partial charge in [-0.15, -0.1) is 0 Å². The first-order valence-electron chi connectivity index (χ1n) is 7.85. The number of para-hydroxylation sites is 1. The maximum absolute atomic E-state index is 9.88. The smallest absolute Gasteiger partial charge is 0.160 e. The summed E-state index contributed by atoms with van der Waals surface area (Å²) in [6, 6.07) is 14.9. The van der Waals surface area contributed by atoms with Crippen LogP contribution in [0.25, 0.3) is 0 Å². The molecule has 3 nitrogen and oxygen atoms in total. The van der Waals surface area contributed by atoms with Crippen molar-refractivity contribution in [3.05, 3.63) is 53.6 Å². The van der Waals surface area contributed by atoms with E-state index in [1.807, 2.05) is 18.2 Å². The maximum atomic E-state index is 9.88. The number of methoxy groups -OCH3 is 1. The van der Waals surface area contributed by atoms with E-state index in [4.69, 9.17) is 4.74 Å². The zero-order valence-electron chi connectivity index (χ0n) is 13.2. The molecule has 116 valence electrons. The molecule has 3 rings (SSSR count). The number of anilines is 1. The van der Waals surface area contributed by atoms with Crippen molar-refractivity contribution in [3.63, 3.8) is 0 Å². The highest BCUT2D eigenvalue weighted by Gasteiger charge is 2.22. The van der Waals surface area contributed by atoms with Gasteiger partial charge in [0.05, 0.1) is 7.11 Å². The number of phenolic OH excluding ortho intramolecular Hbond substituents is 1. The average molecular weight is 297 g/mol. The minimum Gasteiger partial charge on any atom is -0.504 e. The fraction of sp³-hybridized carbons (Fsp3) is 0.368. The summed E-state index contributed by atoms with van der Waals surface area (Å²) in [5, 5.41) is 9.88. The van der Waals surface area contributed by atoms with Crippen LogP contribution in [0.3, 0.4) is 0 Å². The minimum absolute atomic E-state index is 0.224. The van der Waals surface area contributed by atoms with Gasteiger partial charge in [-0.25, -0.2) is 0 Å². The van der Waals surface area contributed by atoms with E-state index in [9.17, 15) is 5.11 Å². The highest BCUT2D eigenvalue weighted by molar-refractivity contribution is 5.55. The molecule has 0 saturated heterocycles. The van der Waals surface area contributed by atoms with Crippen molar-refractivity contribution in [3.8, 4) is 11.5 Å². The van der Waals surface area contributed by atoms with Crippen molar-refractivity contribution in [1.29, 1.82) is 0 Å². The molecular formula is C19H23NO2. The SMILES string of the molecule is COc1ccc(CC[C@H]2CCc3ccccc3N2C)cc1O. The van der Waals surface area contributed by atoms with Crippen LogP contribution in [0, 0.1) is 0 Å². The third-order valence-electron chi connectivity index (χ3n) is 4.68. The molecule has 0 unspecified atom stereocenters. The van der Waals surface area contributed by atoms with Crippen molar-refractivity contribution in [2.45, 2.75) is 31.7 Å². The fourth-order valence-corrected chi connectivity index (χ4v) is 3.34. The number of fused-ring (bicyclic) bond motifs is 1. The number of hydrogen-bond acceptors (Lipinski definition) is 3. The molecule has 1 aliphatic rings. The van der Waals surface area contributed by atoms with Gasteiger partial charge in [0.15, 0.2) is 11.5 Å². The molecule has 0 aliphatic carbocycles. The molecule has 0 aromatic heterocycles. The Morgan fingerprint density at radius 1 is 1.23 bits per heavy atom. The van der Waals surface area contributed by atoms with E-state index in [2.05, 4.69) is 36.2 Å². The van der Waals surface area contributed by atoms with Crippen LogP contribution in [0.5, 0.6) is 11.5 Å². The second-order valence-electron chi connectivity index (χ2n) is 5.98. The zero-order valence-corrected chi connectivity index (χ0v) is 13.2. The van der Waals surface area contributed by atoms with Gasteiger partial charge in [-0.3, -0.25) is 0 Å². The van der Waals surface area contributed by atoms with E-state index in [1.165, 1.54) is 17.7 Å². The number of hydrogen-bond donors (Lipinski definition) is 1. The molecule has 1 N–H and O–H groups in total. The van der Waals surface area contributed by atoms with Gasteiger partial charge < -0.3 is 14.7 Å². The van der Waals surface area contributed by atoms with Gasteiger partial charge in [0.1, 0.15) is 0 Å². The van der Waals surface area contributed by atoms with Crippen molar-refractivity contribution < 1.29 is 9.84 Å². The van der Waals surface area contributed by atoms with Crippen LogP contribution < -0.4 is 9.64 Å². The van der Waals surface area contributed by atoms with Crippen molar-refractivity contribution >= 4 is 5.69 Å². The molecule has 1 heterocycles. The summed E-state index contributed by atoms with van der Waals surface area (Å²) in [4.78, 5) is 2.40. The topological polar surface area (TPSA) is 32.7 Å². The summed E-state index contributed by atoms with van der Waals surface area (Å²) in [5.41, 5.74) is 3.96. The van der Waals surface area contributed by atoms with Crippen molar-refractivity contribution in [1.82, 2.24) is 0 Å². The maximum Gasteiger partial charge on any atom is 0.160 e. The first-order valence-corrected chi connectivity index (χ1v) is 7.85. The monoisotopic (exact) mass is 297 g/mol. The molecule has 22 heavy (non-hydrogen) atoms. The predicted octanol–water partition coefficient (Wildman–Crippen LogP) is 3.78. The molecule has 0 saturated carbocycles. The highest BCUT2D eigenvalue weighted by atomic mass is 16.5. The Morgan fingerprint density at radius 3 is 2.82 bits per heavy atom. The van der Waals surface area contributed by atoms with Gasteiger partial charge in [0.25, 0.3) is 0 Å². The first-order chi connectivity index (χ1) is 10.7. The Kier molecular flexibility index (Phi) is 4.23. The van der Waals surface area contributed by atoms with E-state index >= 15 is 0 Å². The summed E-state index contributed by atoms with van der Waals surface area (Å²) >= 11 is 0. The lowest BCUT2D eigenvalue weighted by atomic mass is 9.92. The van der Waals surface area contributed by atoms with Crippen molar-refractivity contribution in [2.24, 2.45) is 0 Å². The summed E-state index contributed by atoms with van der Waals surface area (Å²) in [6.45, 7) is 0. The standard InChI is InChI=1S/C19H23NO2/c1-20-16(11-9-15-5-3-4-6-17(15)20)10-7-14-8-12-19(22-2)18(21)13-14/h3-6,8,12-13,16,21H,7,9-11H2,1-2H3/t16-/m0/s1. The summed E-state index contributed by atoms with van der Waals surface area (Å²) in [6.07, 6.45) is 4.40. The second kappa shape index (κ2) is 6.30. The van der Waals surface area contributed by atoms with Crippen LogP contribution in [-0.4, -0.2) is 25.3 Å². The van der Waals surface area contributed by atoms with Gasteiger partial charge in [-0.1, -0.05) is 24.3 Å². The summed E-state index contributed by atoms with van der Waals surface area (Å²) in [5.74, 6) is 0.759. The Hall–Kier alpha value is -2.16. The van der Waals surface area contributed by atoms with Crippen LogP contribution >= 0.6 is 0 Å². The zero-order chi connectivity index (χ0) is 15.5.